The maximum Gasteiger partial charge on any atom is 0.257 e. The first-order valence-electron chi connectivity index (χ1n) is 8.83. The van der Waals surface area contributed by atoms with Gasteiger partial charge in [0.1, 0.15) is 29.0 Å². The highest BCUT2D eigenvalue weighted by atomic mass is 19.1. The Bertz CT molecular complexity index is 1250. The lowest BCUT2D eigenvalue weighted by molar-refractivity contribution is -0.124. The number of nitrogens with two attached hydrogens (primary N) is 1. The first-order chi connectivity index (χ1) is 14.3. The van der Waals surface area contributed by atoms with Gasteiger partial charge in [-0.3, -0.25) is 4.79 Å². The molecule has 0 aliphatic heterocycles. The van der Waals surface area contributed by atoms with Gasteiger partial charge < -0.3 is 16.2 Å². The topological polar surface area (TPSA) is 119 Å². The monoisotopic (exact) mass is 410 g/mol. The lowest BCUT2D eigenvalue weighted by atomic mass is 10.1. The first-order valence-corrected chi connectivity index (χ1v) is 8.83. The predicted octanol–water partition coefficient (Wildman–Crippen LogP) is 2.66. The molecule has 8 nitrogen and oxygen atoms in total. The number of benzene rings is 2. The Morgan fingerprint density at radius 1 is 1.17 bits per heavy atom. The van der Waals surface area contributed by atoms with Gasteiger partial charge in [0.2, 0.25) is 0 Å². The van der Waals surface area contributed by atoms with Gasteiger partial charge in [0.25, 0.3) is 5.91 Å². The van der Waals surface area contributed by atoms with Crippen LogP contribution >= 0.6 is 0 Å². The number of nitrogens with one attached hydrogen (secondary N) is 1. The molecule has 1 unspecified atom stereocenters. The summed E-state index contributed by atoms with van der Waals surface area (Å²) < 4.78 is 28.3. The predicted molar refractivity (Wildman–Crippen MR) is 106 cm³/mol. The highest BCUT2D eigenvalue weighted by Crippen LogP contribution is 2.25. The van der Waals surface area contributed by atoms with Gasteiger partial charge in [0.15, 0.2) is 11.9 Å². The number of aliphatic hydroxyl groups excluding tert-OH is 1. The number of nitrogens with zero attached hydrogens (tertiary/aromatic N) is 4. The van der Waals surface area contributed by atoms with Gasteiger partial charge >= 0.3 is 0 Å². The van der Waals surface area contributed by atoms with Gasteiger partial charge in [0, 0.05) is 11.8 Å². The summed E-state index contributed by atoms with van der Waals surface area (Å²) in [5.74, 6) is -2.31. The molecular formula is C20H16F2N6O2. The number of rotatable bonds is 4. The minimum absolute atomic E-state index is 0.183. The molecule has 4 aromatic rings. The van der Waals surface area contributed by atoms with Crippen molar-refractivity contribution < 1.29 is 18.7 Å². The second-order valence-electron chi connectivity index (χ2n) is 6.64. The molecule has 0 saturated carbocycles. The van der Waals surface area contributed by atoms with Crippen LogP contribution in [0.25, 0.3) is 16.7 Å². The van der Waals surface area contributed by atoms with E-state index in [0.29, 0.717) is 28.5 Å². The maximum absolute atomic E-state index is 13.3. The van der Waals surface area contributed by atoms with Crippen LogP contribution in [-0.2, 0) is 4.79 Å². The van der Waals surface area contributed by atoms with Crippen LogP contribution in [0, 0.1) is 18.6 Å². The quantitative estimate of drug-likeness (QED) is 0.476. The van der Waals surface area contributed by atoms with E-state index in [-0.39, 0.29) is 11.4 Å². The molecule has 0 saturated heterocycles. The smallest absolute Gasteiger partial charge is 0.257 e. The van der Waals surface area contributed by atoms with Crippen molar-refractivity contribution in [2.45, 2.75) is 13.0 Å². The number of aryl methyl sites for hydroxylation is 1. The molecule has 1 atom stereocenters. The Morgan fingerprint density at radius 3 is 2.60 bits per heavy atom. The second-order valence-corrected chi connectivity index (χ2v) is 6.64. The van der Waals surface area contributed by atoms with Gasteiger partial charge in [-0.15, -0.1) is 0 Å². The summed E-state index contributed by atoms with van der Waals surface area (Å²) in [4.78, 5) is 20.4. The average molecular weight is 410 g/mol. The van der Waals surface area contributed by atoms with E-state index < -0.39 is 23.6 Å². The molecule has 0 spiro atoms. The molecule has 2 aromatic carbocycles. The van der Waals surface area contributed by atoms with Crippen LogP contribution in [0.15, 0.2) is 48.9 Å². The summed E-state index contributed by atoms with van der Waals surface area (Å²) in [5.41, 5.74) is 8.73. The number of anilines is 2. The molecular weight excluding hydrogens is 394 g/mol. The third-order valence-corrected chi connectivity index (χ3v) is 4.53. The highest BCUT2D eigenvalue weighted by Gasteiger charge is 2.20. The van der Waals surface area contributed by atoms with E-state index in [4.69, 9.17) is 5.73 Å². The molecule has 2 heterocycles. The molecule has 0 fully saturated rings. The number of aliphatic hydroxyl groups is 1. The number of hydrogen-bond donors (Lipinski definition) is 3. The van der Waals surface area contributed by atoms with E-state index in [1.807, 2.05) is 0 Å². The van der Waals surface area contributed by atoms with Crippen molar-refractivity contribution in [3.05, 3.63) is 71.7 Å². The number of carbonyl (C=O) groups excluding carboxylic acids is 1. The first kappa shape index (κ1) is 19.4. The van der Waals surface area contributed by atoms with Crippen molar-refractivity contribution in [1.82, 2.24) is 19.7 Å². The molecule has 152 valence electrons. The fourth-order valence-corrected chi connectivity index (χ4v) is 3.14. The highest BCUT2D eigenvalue weighted by molar-refractivity contribution is 5.95. The normalized spacial score (nSPS) is 12.1. The van der Waals surface area contributed by atoms with Crippen LogP contribution in [0.2, 0.25) is 0 Å². The molecule has 2 aromatic heterocycles. The van der Waals surface area contributed by atoms with Gasteiger partial charge in [-0.1, -0.05) is 0 Å². The zero-order valence-corrected chi connectivity index (χ0v) is 15.7. The van der Waals surface area contributed by atoms with E-state index in [9.17, 15) is 18.7 Å². The van der Waals surface area contributed by atoms with Crippen molar-refractivity contribution in [3.63, 3.8) is 0 Å². The van der Waals surface area contributed by atoms with Crippen LogP contribution in [-0.4, -0.2) is 30.8 Å². The Hall–Kier alpha value is -3.92. The number of amides is 1. The number of aromatic nitrogens is 4. The number of nitrogen functional groups attached to an aromatic ring is 1. The van der Waals surface area contributed by atoms with E-state index in [2.05, 4.69) is 20.4 Å². The molecule has 0 aliphatic carbocycles. The lowest BCUT2D eigenvalue weighted by Crippen LogP contribution is -2.21. The molecule has 30 heavy (non-hydrogen) atoms. The van der Waals surface area contributed by atoms with E-state index in [1.165, 1.54) is 6.33 Å². The SMILES string of the molecule is Cc1cc(NC(=O)C(O)c2cc(F)cc(F)c2)ccc1-n1ncc2ncnc(N)c21. The Labute approximate surface area is 169 Å². The van der Waals surface area contributed by atoms with Crippen molar-refractivity contribution >= 4 is 28.4 Å². The number of fused-ring (bicyclic) bond motifs is 1. The standard InChI is InChI=1S/C20H16F2N6O2/c1-10-4-14(27-20(30)18(29)11-5-12(21)7-13(22)6-11)2-3-16(10)28-17-15(8-26-28)24-9-25-19(17)23/h2-9,18,29H,1H3,(H,27,30)(H2,23,24,25). The largest absolute Gasteiger partial charge is 0.382 e. The van der Waals surface area contributed by atoms with Gasteiger partial charge in [-0.25, -0.2) is 23.4 Å². The van der Waals surface area contributed by atoms with Crippen LogP contribution in [0.1, 0.15) is 17.2 Å². The Balaban J connectivity index is 1.59. The van der Waals surface area contributed by atoms with Crippen LogP contribution < -0.4 is 11.1 Å². The lowest BCUT2D eigenvalue weighted by Gasteiger charge is -2.14. The minimum atomic E-state index is -1.73. The van der Waals surface area contributed by atoms with Crippen LogP contribution in [0.3, 0.4) is 0 Å². The molecule has 4 rings (SSSR count). The summed E-state index contributed by atoms with van der Waals surface area (Å²) in [6, 6.07) is 7.44. The Kier molecular flexibility index (Phi) is 4.84. The van der Waals surface area contributed by atoms with Crippen LogP contribution in [0.5, 0.6) is 0 Å². The van der Waals surface area contributed by atoms with Gasteiger partial charge in [-0.2, -0.15) is 5.10 Å². The summed E-state index contributed by atoms with van der Waals surface area (Å²) in [7, 11) is 0. The zero-order valence-electron chi connectivity index (χ0n) is 15.7. The number of hydrogen-bond acceptors (Lipinski definition) is 6. The second kappa shape index (κ2) is 7.48. The molecule has 0 bridgehead atoms. The Morgan fingerprint density at radius 2 is 1.90 bits per heavy atom. The van der Waals surface area contributed by atoms with Crippen molar-refractivity contribution in [1.29, 1.82) is 0 Å². The third kappa shape index (κ3) is 3.55. The average Bonchev–Trinajstić information content (AvgIpc) is 3.12. The third-order valence-electron chi connectivity index (χ3n) is 4.53. The maximum atomic E-state index is 13.3. The summed E-state index contributed by atoms with van der Waals surface area (Å²) >= 11 is 0. The fraction of sp³-hybridized carbons (Fsp3) is 0.100. The van der Waals surface area contributed by atoms with Crippen LogP contribution in [0.4, 0.5) is 20.3 Å². The van der Waals surface area contributed by atoms with Gasteiger partial charge in [-0.05, 0) is 48.4 Å². The van der Waals surface area contributed by atoms with E-state index in [1.54, 1.807) is 36.0 Å². The number of halogens is 2. The molecule has 1 amide bonds. The van der Waals surface area contributed by atoms with Crippen molar-refractivity contribution in [2.24, 2.45) is 0 Å². The molecule has 4 N–H and O–H groups in total. The van der Waals surface area contributed by atoms with Gasteiger partial charge in [0.05, 0.1) is 11.9 Å². The fourth-order valence-electron chi connectivity index (χ4n) is 3.14. The summed E-state index contributed by atoms with van der Waals surface area (Å²) in [6.07, 6.45) is 1.18. The van der Waals surface area contributed by atoms with E-state index >= 15 is 0 Å². The summed E-state index contributed by atoms with van der Waals surface area (Å²) in [6.45, 7) is 1.80. The molecule has 10 heteroatoms. The number of carbonyl (C=O) groups is 1. The van der Waals surface area contributed by atoms with Crippen molar-refractivity contribution in [3.8, 4) is 5.69 Å². The zero-order chi connectivity index (χ0) is 21.4. The molecule has 0 radical (unpaired) electrons. The molecule has 0 aliphatic rings. The van der Waals surface area contributed by atoms with E-state index in [0.717, 1.165) is 17.7 Å². The minimum Gasteiger partial charge on any atom is -0.382 e. The van der Waals surface area contributed by atoms with Crippen molar-refractivity contribution in [2.75, 3.05) is 11.1 Å². The summed E-state index contributed by atoms with van der Waals surface area (Å²) in [5, 5.41) is 17.0.